The summed E-state index contributed by atoms with van der Waals surface area (Å²) in [5, 5.41) is 31.0. The molecule has 164 valence electrons. The van der Waals surface area contributed by atoms with Crippen molar-refractivity contribution in [3.8, 4) is 0 Å². The van der Waals surface area contributed by atoms with E-state index in [0.717, 1.165) is 13.0 Å². The zero-order valence-corrected chi connectivity index (χ0v) is 18.7. The molecule has 3 saturated carbocycles. The molecule has 0 spiro atoms. The van der Waals surface area contributed by atoms with Crippen molar-refractivity contribution < 1.29 is 20.1 Å². The lowest BCUT2D eigenvalue weighted by Gasteiger charge is -2.56. The van der Waals surface area contributed by atoms with Crippen LogP contribution in [0.1, 0.15) is 72.6 Å². The molecule has 0 aromatic carbocycles. The summed E-state index contributed by atoms with van der Waals surface area (Å²) in [7, 11) is 0. The van der Waals surface area contributed by atoms with Gasteiger partial charge in [-0.25, -0.2) is 0 Å². The maximum atomic E-state index is 11.0. The summed E-state index contributed by atoms with van der Waals surface area (Å²) >= 11 is 0. The highest BCUT2D eigenvalue weighted by Gasteiger charge is 2.58. The van der Waals surface area contributed by atoms with E-state index in [2.05, 4.69) is 26.0 Å². The molecule has 0 heterocycles. The minimum atomic E-state index is -0.666. The highest BCUT2D eigenvalue weighted by Crippen LogP contribution is 2.64. The Labute approximate surface area is 176 Å². The van der Waals surface area contributed by atoms with Crippen LogP contribution in [-0.2, 0) is 4.74 Å². The summed E-state index contributed by atoms with van der Waals surface area (Å²) in [6.07, 6.45) is 10.2. The molecule has 0 unspecified atom stereocenters. The molecule has 0 saturated heterocycles. The van der Waals surface area contributed by atoms with E-state index >= 15 is 0 Å². The fraction of sp³-hybridized carbons (Fsp3) is 0.840. The molecule has 0 aliphatic heterocycles. The Bertz CT molecular complexity index is 689. The number of hydrogen-bond acceptors (Lipinski definition) is 4. The molecule has 4 nitrogen and oxygen atoms in total. The average Bonchev–Trinajstić information content (AvgIpc) is 2.96. The van der Waals surface area contributed by atoms with Gasteiger partial charge in [0.1, 0.15) is 0 Å². The summed E-state index contributed by atoms with van der Waals surface area (Å²) in [5.41, 5.74) is 2.16. The molecule has 3 fully saturated rings. The van der Waals surface area contributed by atoms with Gasteiger partial charge in [0.2, 0.25) is 0 Å². The summed E-state index contributed by atoms with van der Waals surface area (Å²) in [6.45, 7) is 9.76. The third-order valence-electron chi connectivity index (χ3n) is 9.02. The van der Waals surface area contributed by atoms with Crippen LogP contribution >= 0.6 is 0 Å². The Hall–Kier alpha value is -0.680. The van der Waals surface area contributed by atoms with Gasteiger partial charge in [-0.2, -0.15) is 0 Å². The van der Waals surface area contributed by atoms with Crippen molar-refractivity contribution in [3.63, 3.8) is 0 Å². The lowest BCUT2D eigenvalue weighted by atomic mass is 9.50. The van der Waals surface area contributed by atoms with Crippen molar-refractivity contribution in [3.05, 3.63) is 23.3 Å². The number of aliphatic hydroxyl groups is 3. The second-order valence-corrected chi connectivity index (χ2v) is 11.3. The van der Waals surface area contributed by atoms with Gasteiger partial charge in [-0.1, -0.05) is 37.1 Å². The molecule has 4 heteroatoms. The van der Waals surface area contributed by atoms with Gasteiger partial charge in [-0.15, -0.1) is 0 Å². The maximum Gasteiger partial charge on any atom is 0.0661 e. The van der Waals surface area contributed by atoms with Crippen LogP contribution < -0.4 is 0 Å². The molecule has 4 aliphatic rings. The molecule has 0 bridgehead atoms. The Balaban J connectivity index is 1.50. The number of rotatable bonds is 5. The van der Waals surface area contributed by atoms with E-state index in [1.165, 1.54) is 24.8 Å². The smallest absolute Gasteiger partial charge is 0.0661 e. The normalized spacial score (nSPS) is 44.4. The van der Waals surface area contributed by atoms with Crippen LogP contribution in [0.25, 0.3) is 0 Å². The number of allylic oxidation sites excluding steroid dienone is 3. The van der Waals surface area contributed by atoms with E-state index in [1.807, 2.05) is 13.8 Å². The van der Waals surface area contributed by atoms with Gasteiger partial charge in [-0.05, 0) is 75.5 Å². The Morgan fingerprint density at radius 3 is 2.59 bits per heavy atom. The highest BCUT2D eigenvalue weighted by atomic mass is 16.5. The number of fused-ring (bicyclic) bond motifs is 5. The first-order valence-corrected chi connectivity index (χ1v) is 11.6. The Morgan fingerprint density at radius 1 is 1.10 bits per heavy atom. The fourth-order valence-electron chi connectivity index (χ4n) is 6.98. The molecular formula is C25H40O4. The average molecular weight is 405 g/mol. The van der Waals surface area contributed by atoms with Gasteiger partial charge >= 0.3 is 0 Å². The van der Waals surface area contributed by atoms with E-state index in [4.69, 9.17) is 4.74 Å². The zero-order valence-electron chi connectivity index (χ0n) is 18.7. The molecule has 3 N–H and O–H groups in total. The molecule has 4 rings (SSSR count). The molecule has 7 atom stereocenters. The SMILES string of the molecule is CC(C)(O)CCOC[C@H]1CC[C@H]2C3=CC=C4C[C@@H](O)C[C@H](O)[C@]4(C)[C@H]3CC[C@]12C. The largest absolute Gasteiger partial charge is 0.393 e. The first kappa shape index (κ1) is 21.5. The van der Waals surface area contributed by atoms with Gasteiger partial charge in [-0.3, -0.25) is 0 Å². The van der Waals surface area contributed by atoms with Crippen LogP contribution in [-0.4, -0.2) is 46.3 Å². The predicted octanol–water partition coefficient (Wildman–Crippen LogP) is 3.99. The number of ether oxygens (including phenoxy) is 1. The molecule has 0 radical (unpaired) electrons. The van der Waals surface area contributed by atoms with E-state index in [1.54, 1.807) is 5.57 Å². The lowest BCUT2D eigenvalue weighted by molar-refractivity contribution is -0.0569. The first-order valence-electron chi connectivity index (χ1n) is 11.6. The van der Waals surface area contributed by atoms with E-state index in [9.17, 15) is 15.3 Å². The van der Waals surface area contributed by atoms with E-state index in [-0.39, 0.29) is 10.8 Å². The maximum absolute atomic E-state index is 11.0. The highest BCUT2D eigenvalue weighted by molar-refractivity contribution is 5.40. The van der Waals surface area contributed by atoms with Crippen molar-refractivity contribution in [2.45, 2.75) is 90.4 Å². The molecule has 0 aromatic heterocycles. The second kappa shape index (κ2) is 7.47. The third kappa shape index (κ3) is 3.64. The van der Waals surface area contributed by atoms with Crippen LogP contribution in [0, 0.1) is 28.6 Å². The Morgan fingerprint density at radius 2 is 1.86 bits per heavy atom. The molecular weight excluding hydrogens is 364 g/mol. The molecule has 29 heavy (non-hydrogen) atoms. The summed E-state index contributed by atoms with van der Waals surface area (Å²) < 4.78 is 6.02. The minimum absolute atomic E-state index is 0.216. The van der Waals surface area contributed by atoms with Crippen molar-refractivity contribution in [2.75, 3.05) is 13.2 Å². The second-order valence-electron chi connectivity index (χ2n) is 11.3. The third-order valence-corrected chi connectivity index (χ3v) is 9.02. The zero-order chi connectivity index (χ0) is 21.0. The van der Waals surface area contributed by atoms with Crippen LogP contribution in [0.4, 0.5) is 0 Å². The molecule has 4 aliphatic carbocycles. The first-order chi connectivity index (χ1) is 13.6. The topological polar surface area (TPSA) is 69.9 Å². The summed E-state index contributed by atoms with van der Waals surface area (Å²) in [4.78, 5) is 0. The molecule has 0 aromatic rings. The van der Waals surface area contributed by atoms with Crippen molar-refractivity contribution in [1.82, 2.24) is 0 Å². The van der Waals surface area contributed by atoms with Gasteiger partial charge in [0.25, 0.3) is 0 Å². The lowest BCUT2D eigenvalue weighted by Crippen LogP contribution is -2.52. The quantitative estimate of drug-likeness (QED) is 0.606. The summed E-state index contributed by atoms with van der Waals surface area (Å²) in [6, 6.07) is 0. The number of aliphatic hydroxyl groups excluding tert-OH is 2. The van der Waals surface area contributed by atoms with E-state index in [0.29, 0.717) is 43.6 Å². The van der Waals surface area contributed by atoms with Crippen molar-refractivity contribution in [2.24, 2.45) is 28.6 Å². The Kier molecular flexibility index (Phi) is 5.55. The van der Waals surface area contributed by atoms with Crippen LogP contribution in [0.15, 0.2) is 23.3 Å². The van der Waals surface area contributed by atoms with Crippen molar-refractivity contribution >= 4 is 0 Å². The van der Waals surface area contributed by atoms with E-state index < -0.39 is 17.8 Å². The fourth-order valence-corrected chi connectivity index (χ4v) is 6.98. The monoisotopic (exact) mass is 404 g/mol. The van der Waals surface area contributed by atoms with Crippen LogP contribution in [0.2, 0.25) is 0 Å². The number of hydrogen-bond donors (Lipinski definition) is 3. The standard InChI is InChI=1S/C25H40O4/c1-23(2,28)11-12-29-15-17-6-8-20-19-7-5-16-13-18(26)14-22(27)25(16,4)21(19)9-10-24(17,20)3/h5,7,17-18,20-22,26-28H,6,8-15H2,1-4H3/t17-,18-,20+,21+,22+,24-,25+/m1/s1. The molecule has 0 amide bonds. The summed E-state index contributed by atoms with van der Waals surface area (Å²) in [5.74, 6) is 1.53. The van der Waals surface area contributed by atoms with Crippen molar-refractivity contribution in [1.29, 1.82) is 0 Å². The van der Waals surface area contributed by atoms with Gasteiger partial charge in [0.05, 0.1) is 17.8 Å². The van der Waals surface area contributed by atoms with Gasteiger partial charge in [0.15, 0.2) is 0 Å². The van der Waals surface area contributed by atoms with Crippen LogP contribution in [0.3, 0.4) is 0 Å². The van der Waals surface area contributed by atoms with Gasteiger partial charge in [0, 0.05) is 25.0 Å². The van der Waals surface area contributed by atoms with Crippen LogP contribution in [0.5, 0.6) is 0 Å². The minimum Gasteiger partial charge on any atom is -0.393 e. The van der Waals surface area contributed by atoms with Gasteiger partial charge < -0.3 is 20.1 Å². The predicted molar refractivity (Wildman–Crippen MR) is 114 cm³/mol.